The maximum absolute atomic E-state index is 11.9. The summed E-state index contributed by atoms with van der Waals surface area (Å²) in [5.41, 5.74) is 6.04. The standard InChI is InChI=1S/C14H14N4O/c19-14(13-11-7-4-8-12(11)16-17-13)18-15-9-10-5-2-1-3-6-10/h1-3,5-6,9H,4,7-8H2,(H,16,17)(H,18,19)/b15-9+. The molecular weight excluding hydrogens is 240 g/mol. The molecule has 1 aromatic heterocycles. The summed E-state index contributed by atoms with van der Waals surface area (Å²) >= 11 is 0. The average Bonchev–Trinajstić information content (AvgIpc) is 3.02. The summed E-state index contributed by atoms with van der Waals surface area (Å²) in [5, 5.41) is 10.9. The molecule has 0 aliphatic heterocycles. The van der Waals surface area contributed by atoms with Gasteiger partial charge in [0.1, 0.15) is 0 Å². The molecule has 0 fully saturated rings. The molecule has 1 aliphatic rings. The van der Waals surface area contributed by atoms with Crippen molar-refractivity contribution in [2.24, 2.45) is 5.10 Å². The van der Waals surface area contributed by atoms with E-state index >= 15 is 0 Å². The van der Waals surface area contributed by atoms with Crippen LogP contribution in [0.15, 0.2) is 35.4 Å². The maximum atomic E-state index is 11.9. The summed E-state index contributed by atoms with van der Waals surface area (Å²) in [6.45, 7) is 0. The minimum absolute atomic E-state index is 0.258. The van der Waals surface area contributed by atoms with Gasteiger partial charge >= 0.3 is 0 Å². The van der Waals surface area contributed by atoms with Gasteiger partial charge in [-0.25, -0.2) is 5.43 Å². The quantitative estimate of drug-likeness (QED) is 0.646. The van der Waals surface area contributed by atoms with Gasteiger partial charge in [-0.3, -0.25) is 9.89 Å². The van der Waals surface area contributed by atoms with Gasteiger partial charge in [-0.2, -0.15) is 10.2 Å². The molecule has 0 radical (unpaired) electrons. The second kappa shape index (κ2) is 5.06. The molecule has 1 aromatic carbocycles. The largest absolute Gasteiger partial charge is 0.292 e. The van der Waals surface area contributed by atoms with E-state index in [1.54, 1.807) is 6.21 Å². The highest BCUT2D eigenvalue weighted by molar-refractivity contribution is 5.94. The first-order chi connectivity index (χ1) is 9.34. The normalized spacial score (nSPS) is 13.7. The van der Waals surface area contributed by atoms with Crippen molar-refractivity contribution in [3.63, 3.8) is 0 Å². The molecule has 3 rings (SSSR count). The Morgan fingerprint density at radius 2 is 2.16 bits per heavy atom. The van der Waals surface area contributed by atoms with Crippen molar-refractivity contribution < 1.29 is 4.79 Å². The van der Waals surface area contributed by atoms with Crippen molar-refractivity contribution in [3.05, 3.63) is 52.8 Å². The third-order valence-electron chi connectivity index (χ3n) is 3.20. The minimum atomic E-state index is -0.258. The number of hydrogen-bond donors (Lipinski definition) is 2. The van der Waals surface area contributed by atoms with E-state index in [2.05, 4.69) is 20.7 Å². The Kier molecular flexibility index (Phi) is 3.10. The first-order valence-electron chi connectivity index (χ1n) is 6.29. The second-order valence-corrected chi connectivity index (χ2v) is 4.49. The maximum Gasteiger partial charge on any atom is 0.292 e. The fourth-order valence-corrected chi connectivity index (χ4v) is 2.26. The Morgan fingerprint density at radius 3 is 3.00 bits per heavy atom. The Hall–Kier alpha value is -2.43. The van der Waals surface area contributed by atoms with Crippen LogP contribution in [0.3, 0.4) is 0 Å². The Bertz CT molecular complexity index is 616. The number of aromatic amines is 1. The van der Waals surface area contributed by atoms with Gasteiger partial charge in [-0.05, 0) is 24.8 Å². The van der Waals surface area contributed by atoms with Crippen LogP contribution in [0.1, 0.15) is 33.7 Å². The van der Waals surface area contributed by atoms with Gasteiger partial charge in [0.15, 0.2) is 5.69 Å². The molecule has 1 amide bonds. The lowest BCUT2D eigenvalue weighted by molar-refractivity contribution is 0.0949. The van der Waals surface area contributed by atoms with Crippen molar-refractivity contribution in [3.8, 4) is 0 Å². The molecule has 5 heteroatoms. The Labute approximate surface area is 110 Å². The highest BCUT2D eigenvalue weighted by Gasteiger charge is 2.22. The van der Waals surface area contributed by atoms with Gasteiger partial charge in [-0.15, -0.1) is 0 Å². The third kappa shape index (κ3) is 2.40. The molecular formula is C14H14N4O. The number of aromatic nitrogens is 2. The van der Waals surface area contributed by atoms with Crippen LogP contribution >= 0.6 is 0 Å². The number of H-pyrrole nitrogens is 1. The van der Waals surface area contributed by atoms with Crippen LogP contribution in [0.5, 0.6) is 0 Å². The van der Waals surface area contributed by atoms with Gasteiger partial charge in [-0.1, -0.05) is 30.3 Å². The molecule has 0 spiro atoms. The Morgan fingerprint density at radius 1 is 1.32 bits per heavy atom. The Balaban J connectivity index is 1.67. The van der Waals surface area contributed by atoms with E-state index in [1.165, 1.54) is 0 Å². The zero-order chi connectivity index (χ0) is 13.1. The zero-order valence-corrected chi connectivity index (χ0v) is 10.4. The third-order valence-corrected chi connectivity index (χ3v) is 3.20. The van der Waals surface area contributed by atoms with Crippen LogP contribution in [-0.2, 0) is 12.8 Å². The number of hydrogen-bond acceptors (Lipinski definition) is 3. The van der Waals surface area contributed by atoms with E-state index in [9.17, 15) is 4.79 Å². The molecule has 0 saturated carbocycles. The number of nitrogens with one attached hydrogen (secondary N) is 2. The molecule has 2 N–H and O–H groups in total. The molecule has 0 saturated heterocycles. The van der Waals surface area contributed by atoms with Crippen LogP contribution in [-0.4, -0.2) is 22.3 Å². The van der Waals surface area contributed by atoms with Crippen molar-refractivity contribution in [2.75, 3.05) is 0 Å². The van der Waals surface area contributed by atoms with Crippen LogP contribution < -0.4 is 5.43 Å². The molecule has 1 heterocycles. The van der Waals surface area contributed by atoms with Crippen LogP contribution in [0.4, 0.5) is 0 Å². The van der Waals surface area contributed by atoms with Gasteiger partial charge in [0.25, 0.3) is 5.91 Å². The lowest BCUT2D eigenvalue weighted by atomic mass is 10.2. The summed E-state index contributed by atoms with van der Waals surface area (Å²) in [6, 6.07) is 9.61. The van der Waals surface area contributed by atoms with E-state index in [4.69, 9.17) is 0 Å². The molecule has 19 heavy (non-hydrogen) atoms. The van der Waals surface area contributed by atoms with Gasteiger partial charge < -0.3 is 0 Å². The number of benzene rings is 1. The highest BCUT2D eigenvalue weighted by atomic mass is 16.2. The lowest BCUT2D eigenvalue weighted by Gasteiger charge is -1.98. The number of hydrazone groups is 1. The van der Waals surface area contributed by atoms with Crippen molar-refractivity contribution >= 4 is 12.1 Å². The molecule has 0 unspecified atom stereocenters. The number of aryl methyl sites for hydroxylation is 1. The van der Waals surface area contributed by atoms with E-state index in [-0.39, 0.29) is 5.91 Å². The number of amides is 1. The van der Waals surface area contributed by atoms with E-state index in [1.807, 2.05) is 30.3 Å². The molecule has 2 aromatic rings. The lowest BCUT2D eigenvalue weighted by Crippen LogP contribution is -2.19. The topological polar surface area (TPSA) is 70.1 Å². The summed E-state index contributed by atoms with van der Waals surface area (Å²) in [7, 11) is 0. The van der Waals surface area contributed by atoms with Crippen LogP contribution in [0.25, 0.3) is 0 Å². The highest BCUT2D eigenvalue weighted by Crippen LogP contribution is 2.22. The molecule has 96 valence electrons. The summed E-state index contributed by atoms with van der Waals surface area (Å²) < 4.78 is 0. The predicted molar refractivity (Wildman–Crippen MR) is 72.1 cm³/mol. The average molecular weight is 254 g/mol. The second-order valence-electron chi connectivity index (χ2n) is 4.49. The van der Waals surface area contributed by atoms with Crippen molar-refractivity contribution in [1.29, 1.82) is 0 Å². The summed E-state index contributed by atoms with van der Waals surface area (Å²) in [6.07, 6.45) is 4.59. The molecule has 0 bridgehead atoms. The summed E-state index contributed by atoms with van der Waals surface area (Å²) in [5.74, 6) is -0.258. The monoisotopic (exact) mass is 254 g/mol. The molecule has 5 nitrogen and oxygen atoms in total. The van der Waals surface area contributed by atoms with Crippen LogP contribution in [0.2, 0.25) is 0 Å². The number of rotatable bonds is 3. The van der Waals surface area contributed by atoms with E-state index in [0.717, 1.165) is 36.1 Å². The first-order valence-corrected chi connectivity index (χ1v) is 6.29. The molecule has 0 atom stereocenters. The fraction of sp³-hybridized carbons (Fsp3) is 0.214. The smallest absolute Gasteiger partial charge is 0.281 e. The summed E-state index contributed by atoms with van der Waals surface area (Å²) in [4.78, 5) is 11.9. The van der Waals surface area contributed by atoms with E-state index < -0.39 is 0 Å². The van der Waals surface area contributed by atoms with Gasteiger partial charge in [0.05, 0.1) is 6.21 Å². The predicted octanol–water partition coefficient (Wildman–Crippen LogP) is 1.66. The van der Waals surface area contributed by atoms with Crippen molar-refractivity contribution in [2.45, 2.75) is 19.3 Å². The number of carbonyl (C=O) groups excluding carboxylic acids is 1. The fourth-order valence-electron chi connectivity index (χ4n) is 2.26. The number of nitrogens with zero attached hydrogens (tertiary/aromatic N) is 2. The van der Waals surface area contributed by atoms with Gasteiger partial charge in [0.2, 0.25) is 0 Å². The molecule has 1 aliphatic carbocycles. The van der Waals surface area contributed by atoms with Crippen LogP contribution in [0, 0.1) is 0 Å². The SMILES string of the molecule is O=C(N/N=C/c1ccccc1)c1n[nH]c2c1CCC2. The van der Waals surface area contributed by atoms with E-state index in [0.29, 0.717) is 5.69 Å². The van der Waals surface area contributed by atoms with Crippen molar-refractivity contribution in [1.82, 2.24) is 15.6 Å². The minimum Gasteiger partial charge on any atom is -0.281 e. The number of fused-ring (bicyclic) bond motifs is 1. The first kappa shape index (κ1) is 11.6. The van der Waals surface area contributed by atoms with Gasteiger partial charge in [0, 0.05) is 11.3 Å². The zero-order valence-electron chi connectivity index (χ0n) is 10.4. The number of carbonyl (C=O) groups is 1.